The maximum absolute atomic E-state index is 5.44. The fourth-order valence-corrected chi connectivity index (χ4v) is 2.69. The van der Waals surface area contributed by atoms with Gasteiger partial charge in [0.25, 0.3) is 0 Å². The molecule has 1 fully saturated rings. The molecule has 2 rings (SSSR count). The van der Waals surface area contributed by atoms with Gasteiger partial charge in [-0.2, -0.15) is 0 Å². The predicted molar refractivity (Wildman–Crippen MR) is 80.8 cm³/mol. The van der Waals surface area contributed by atoms with Gasteiger partial charge in [0.15, 0.2) is 0 Å². The van der Waals surface area contributed by atoms with Gasteiger partial charge in [-0.25, -0.2) is 0 Å². The molecule has 0 bridgehead atoms. The van der Waals surface area contributed by atoms with Crippen molar-refractivity contribution in [2.75, 3.05) is 13.7 Å². The minimum Gasteiger partial charge on any atom is -0.496 e. The van der Waals surface area contributed by atoms with Crippen molar-refractivity contribution in [3.05, 3.63) is 29.8 Å². The number of benzene rings is 1. The molecular weight excluding hydrogens is 234 g/mol. The van der Waals surface area contributed by atoms with Crippen molar-refractivity contribution in [1.82, 2.24) is 5.32 Å². The Morgan fingerprint density at radius 3 is 2.53 bits per heavy atom. The van der Waals surface area contributed by atoms with Crippen LogP contribution in [0.3, 0.4) is 0 Å². The molecule has 0 aromatic heterocycles. The Morgan fingerprint density at radius 1 is 1.21 bits per heavy atom. The van der Waals surface area contributed by atoms with Gasteiger partial charge in [0.1, 0.15) is 5.75 Å². The van der Waals surface area contributed by atoms with Crippen LogP contribution in [0.5, 0.6) is 5.75 Å². The van der Waals surface area contributed by atoms with Crippen molar-refractivity contribution in [1.29, 1.82) is 0 Å². The summed E-state index contributed by atoms with van der Waals surface area (Å²) in [6.07, 6.45) is 3.72. The molecule has 1 aliphatic carbocycles. The minimum absolute atomic E-state index is 0.429. The van der Waals surface area contributed by atoms with Crippen LogP contribution >= 0.6 is 0 Å². The summed E-state index contributed by atoms with van der Waals surface area (Å²) in [5.74, 6) is 1.71. The van der Waals surface area contributed by atoms with Crippen LogP contribution in [0.15, 0.2) is 24.3 Å². The highest BCUT2D eigenvalue weighted by Gasteiger charge is 2.31. The lowest BCUT2D eigenvalue weighted by Gasteiger charge is -2.37. The Balaban J connectivity index is 1.77. The summed E-state index contributed by atoms with van der Waals surface area (Å²) in [7, 11) is 1.76. The van der Waals surface area contributed by atoms with Crippen LogP contribution in [-0.4, -0.2) is 19.7 Å². The molecule has 1 aromatic carbocycles. The highest BCUT2D eigenvalue weighted by Crippen LogP contribution is 2.40. The largest absolute Gasteiger partial charge is 0.496 e. The molecule has 1 N–H and O–H groups in total. The molecule has 0 atom stereocenters. The van der Waals surface area contributed by atoms with Gasteiger partial charge >= 0.3 is 0 Å². The van der Waals surface area contributed by atoms with Crippen LogP contribution in [0, 0.1) is 5.41 Å². The molecule has 1 saturated carbocycles. The summed E-state index contributed by atoms with van der Waals surface area (Å²) >= 11 is 0. The third-order valence-electron chi connectivity index (χ3n) is 4.02. The zero-order valence-electron chi connectivity index (χ0n) is 12.7. The van der Waals surface area contributed by atoms with E-state index in [0.29, 0.717) is 17.4 Å². The molecule has 0 radical (unpaired) electrons. The maximum Gasteiger partial charge on any atom is 0.122 e. The van der Waals surface area contributed by atoms with Gasteiger partial charge in [-0.15, -0.1) is 0 Å². The van der Waals surface area contributed by atoms with E-state index in [4.69, 9.17) is 4.74 Å². The maximum atomic E-state index is 5.44. The first-order valence-electron chi connectivity index (χ1n) is 7.36. The molecular formula is C17H27NO. The zero-order valence-corrected chi connectivity index (χ0v) is 12.7. The third-order valence-corrected chi connectivity index (χ3v) is 4.02. The van der Waals surface area contributed by atoms with Crippen molar-refractivity contribution < 1.29 is 4.74 Å². The minimum atomic E-state index is 0.429. The van der Waals surface area contributed by atoms with Gasteiger partial charge in [-0.3, -0.25) is 0 Å². The van der Waals surface area contributed by atoms with Gasteiger partial charge in [0.05, 0.1) is 7.11 Å². The Morgan fingerprint density at radius 2 is 1.89 bits per heavy atom. The quantitative estimate of drug-likeness (QED) is 0.866. The molecule has 106 valence electrons. The van der Waals surface area contributed by atoms with Crippen molar-refractivity contribution in [3.8, 4) is 5.75 Å². The topological polar surface area (TPSA) is 21.3 Å². The normalized spacial score (nSPS) is 22.9. The number of ether oxygens (including phenoxy) is 1. The Kier molecular flexibility index (Phi) is 4.51. The molecule has 0 unspecified atom stereocenters. The molecule has 1 aromatic rings. The van der Waals surface area contributed by atoms with Crippen molar-refractivity contribution >= 4 is 0 Å². The summed E-state index contributed by atoms with van der Waals surface area (Å²) in [4.78, 5) is 0. The predicted octanol–water partition coefficient (Wildman–Crippen LogP) is 3.97. The molecule has 2 nitrogen and oxygen atoms in total. The lowest BCUT2D eigenvalue weighted by Crippen LogP contribution is -2.41. The first-order valence-corrected chi connectivity index (χ1v) is 7.36. The Hall–Kier alpha value is -1.02. The van der Waals surface area contributed by atoms with Crippen LogP contribution in [0.4, 0.5) is 0 Å². The number of rotatable bonds is 5. The third kappa shape index (κ3) is 3.97. The highest BCUT2D eigenvalue weighted by molar-refractivity contribution is 5.37. The zero-order chi connectivity index (χ0) is 13.9. The molecule has 0 spiro atoms. The second-order valence-corrected chi connectivity index (χ2v) is 6.87. The van der Waals surface area contributed by atoms with Crippen LogP contribution in [0.2, 0.25) is 0 Å². The van der Waals surface area contributed by atoms with Crippen molar-refractivity contribution in [2.24, 2.45) is 5.41 Å². The average molecular weight is 261 g/mol. The number of hydrogen-bond acceptors (Lipinski definition) is 2. The van der Waals surface area contributed by atoms with Crippen molar-refractivity contribution in [2.45, 2.75) is 52.0 Å². The standard InChI is InChI=1S/C17H27NO/c1-17(2,3)9-10-18-14-11-13(12-14)15-7-5-6-8-16(15)19-4/h5-8,13-14,18H,9-12H2,1-4H3. The average Bonchev–Trinajstić information content (AvgIpc) is 2.31. The molecule has 0 aliphatic heterocycles. The number of nitrogens with one attached hydrogen (secondary N) is 1. The van der Waals surface area contributed by atoms with Gasteiger partial charge < -0.3 is 10.1 Å². The van der Waals surface area contributed by atoms with E-state index >= 15 is 0 Å². The Bertz CT molecular complexity index is 402. The van der Waals surface area contributed by atoms with Crippen LogP contribution in [0.1, 0.15) is 51.5 Å². The number of para-hydroxylation sites is 1. The summed E-state index contributed by atoms with van der Waals surface area (Å²) < 4.78 is 5.44. The van der Waals surface area contributed by atoms with E-state index < -0.39 is 0 Å². The monoisotopic (exact) mass is 261 g/mol. The second kappa shape index (κ2) is 5.96. The van der Waals surface area contributed by atoms with E-state index in [1.54, 1.807) is 7.11 Å². The van der Waals surface area contributed by atoms with E-state index in [-0.39, 0.29) is 0 Å². The van der Waals surface area contributed by atoms with Crippen LogP contribution in [0.25, 0.3) is 0 Å². The summed E-state index contributed by atoms with van der Waals surface area (Å²) in [5, 5.41) is 3.67. The van der Waals surface area contributed by atoms with Gasteiger partial charge in [0.2, 0.25) is 0 Å². The van der Waals surface area contributed by atoms with Gasteiger partial charge in [0, 0.05) is 6.04 Å². The summed E-state index contributed by atoms with van der Waals surface area (Å²) in [6.45, 7) is 8.03. The molecule has 2 heteroatoms. The summed E-state index contributed by atoms with van der Waals surface area (Å²) in [6, 6.07) is 9.11. The van der Waals surface area contributed by atoms with E-state index in [1.807, 2.05) is 6.07 Å². The smallest absolute Gasteiger partial charge is 0.122 e. The van der Waals surface area contributed by atoms with Crippen LogP contribution < -0.4 is 10.1 Å². The SMILES string of the molecule is COc1ccccc1C1CC(NCCC(C)(C)C)C1. The fraction of sp³-hybridized carbons (Fsp3) is 0.647. The lowest BCUT2D eigenvalue weighted by molar-refractivity contribution is 0.266. The van der Waals surface area contributed by atoms with Gasteiger partial charge in [-0.1, -0.05) is 39.0 Å². The van der Waals surface area contributed by atoms with Crippen LogP contribution in [-0.2, 0) is 0 Å². The van der Waals surface area contributed by atoms with Gasteiger partial charge in [-0.05, 0) is 48.8 Å². The Labute approximate surface area is 117 Å². The van der Waals surface area contributed by atoms with E-state index in [9.17, 15) is 0 Å². The second-order valence-electron chi connectivity index (χ2n) is 6.87. The van der Waals surface area contributed by atoms with E-state index in [2.05, 4.69) is 44.3 Å². The molecule has 1 aliphatic rings. The van der Waals surface area contributed by atoms with Crippen molar-refractivity contribution in [3.63, 3.8) is 0 Å². The van der Waals surface area contributed by atoms with E-state index in [0.717, 1.165) is 12.3 Å². The number of hydrogen-bond donors (Lipinski definition) is 1. The molecule has 0 heterocycles. The highest BCUT2D eigenvalue weighted by atomic mass is 16.5. The fourth-order valence-electron chi connectivity index (χ4n) is 2.69. The lowest BCUT2D eigenvalue weighted by atomic mass is 9.75. The molecule has 0 amide bonds. The summed E-state index contributed by atoms with van der Waals surface area (Å²) in [5.41, 5.74) is 1.80. The first kappa shape index (κ1) is 14.4. The first-order chi connectivity index (χ1) is 8.99. The molecule has 19 heavy (non-hydrogen) atoms. The number of methoxy groups -OCH3 is 1. The molecule has 0 saturated heterocycles. The van der Waals surface area contributed by atoms with E-state index in [1.165, 1.54) is 24.8 Å².